The molecule has 0 aliphatic carbocycles. The van der Waals surface area contributed by atoms with Crippen LogP contribution in [0.3, 0.4) is 0 Å². The van der Waals surface area contributed by atoms with Gasteiger partial charge in [0.2, 0.25) is 41.4 Å². The minimum Gasteiger partial charge on any atom is -0.394 e. The van der Waals surface area contributed by atoms with Crippen LogP contribution in [0.2, 0.25) is 0 Å². The van der Waals surface area contributed by atoms with E-state index in [1.165, 1.54) is 13.8 Å². The van der Waals surface area contributed by atoms with Crippen molar-refractivity contribution in [1.82, 2.24) is 47.2 Å². The Kier molecular flexibility index (Phi) is 24.9. The summed E-state index contributed by atoms with van der Waals surface area (Å²) in [6.45, 7) is 1.97. The maximum absolute atomic E-state index is 15.2. The molecule has 20 nitrogen and oxygen atoms in total. The Morgan fingerprint density at radius 1 is 0.689 bits per heavy atom. The molecule has 0 radical (unpaired) electrons. The second kappa shape index (κ2) is 33.3. The van der Waals surface area contributed by atoms with Gasteiger partial charge in [0.25, 0.3) is 0 Å². The molecule has 472 valence electrons. The summed E-state index contributed by atoms with van der Waals surface area (Å²) in [5.74, 6) is -3.38. The van der Waals surface area contributed by atoms with Gasteiger partial charge in [-0.2, -0.15) is 0 Å². The van der Waals surface area contributed by atoms with Crippen LogP contribution < -0.4 is 43.0 Å². The number of nitrogens with one attached hydrogen (secondary N) is 8. The molecule has 0 bridgehead atoms. The first-order valence-electron chi connectivity index (χ1n) is 30.1. The predicted octanol–water partition coefficient (Wildman–Crippen LogP) is 3.99. The van der Waals surface area contributed by atoms with Gasteiger partial charge >= 0.3 is 0 Å². The van der Waals surface area contributed by atoms with Crippen molar-refractivity contribution in [2.45, 2.75) is 132 Å². The van der Waals surface area contributed by atoms with Crippen molar-refractivity contribution in [3.8, 4) is 12.3 Å². The zero-order valence-electron chi connectivity index (χ0n) is 50.2. The summed E-state index contributed by atoms with van der Waals surface area (Å²) in [6.07, 6.45) is 7.40. The Morgan fingerprint density at radius 2 is 1.31 bits per heavy atom. The number of nitrogens with zero attached hydrogens (tertiary/aromatic N) is 1. The second-order valence-corrected chi connectivity index (χ2v) is 25.1. The molecule has 5 aromatic carbocycles. The Balaban J connectivity index is 1.13. The molecule has 1 fully saturated rings. The first kappa shape index (κ1) is 67.4. The Hall–Kier alpha value is -8.56. The van der Waals surface area contributed by atoms with Crippen molar-refractivity contribution >= 4 is 84.7 Å². The number of aromatic nitrogens is 2. The van der Waals surface area contributed by atoms with Gasteiger partial charge in [0.05, 0.1) is 36.4 Å². The van der Waals surface area contributed by atoms with Gasteiger partial charge in [-0.1, -0.05) is 150 Å². The van der Waals surface area contributed by atoms with Gasteiger partial charge in [0.15, 0.2) is 0 Å². The number of H-pyrrole nitrogens is 1. The number of amides is 7. The lowest BCUT2D eigenvalue weighted by Crippen LogP contribution is -2.62. The van der Waals surface area contributed by atoms with Gasteiger partial charge in [0.1, 0.15) is 36.3 Å². The van der Waals surface area contributed by atoms with E-state index in [2.05, 4.69) is 66.3 Å². The third kappa shape index (κ3) is 19.2. The fourth-order valence-corrected chi connectivity index (χ4v) is 12.9. The van der Waals surface area contributed by atoms with Crippen molar-refractivity contribution in [3.05, 3.63) is 185 Å². The lowest BCUT2D eigenvalue weighted by atomic mass is 9.97. The molecule has 2 unspecified atom stereocenters. The fourth-order valence-electron chi connectivity index (χ4n) is 10.6. The van der Waals surface area contributed by atoms with Crippen LogP contribution in [-0.4, -0.2) is 145 Å². The Morgan fingerprint density at radius 3 is 1.99 bits per heavy atom. The van der Waals surface area contributed by atoms with Crippen molar-refractivity contribution in [3.63, 3.8) is 0 Å². The van der Waals surface area contributed by atoms with Crippen molar-refractivity contribution in [1.29, 1.82) is 0 Å². The largest absolute Gasteiger partial charge is 0.394 e. The van der Waals surface area contributed by atoms with Gasteiger partial charge in [-0.15, -0.1) is 6.42 Å². The first-order valence-corrected chi connectivity index (χ1v) is 32.6. The number of carbonyl (C=O) groups is 7. The number of aryl methyl sites for hydroxylation is 1. The number of fused-ring (bicyclic) bond motifs is 2. The number of terminal acetylenes is 1. The minimum absolute atomic E-state index is 0.0198. The van der Waals surface area contributed by atoms with Crippen LogP contribution in [0.25, 0.3) is 21.8 Å². The molecule has 8 rings (SSSR count). The highest BCUT2D eigenvalue weighted by atomic mass is 33.1. The Bertz CT molecular complexity index is 3630. The molecule has 7 amide bonds. The number of pyridine rings is 1. The van der Waals surface area contributed by atoms with Gasteiger partial charge in [0, 0.05) is 58.1 Å². The number of rotatable bonds is 21. The third-order valence-electron chi connectivity index (χ3n) is 15.7. The van der Waals surface area contributed by atoms with Crippen LogP contribution in [0.4, 0.5) is 0 Å². The van der Waals surface area contributed by atoms with E-state index in [0.29, 0.717) is 43.2 Å². The molecule has 0 spiro atoms. The zero-order chi connectivity index (χ0) is 64.1. The highest BCUT2D eigenvalue weighted by molar-refractivity contribution is 8.76. The predicted molar refractivity (Wildman–Crippen MR) is 350 cm³/mol. The number of hydrogen-bond donors (Lipinski definition) is 12. The van der Waals surface area contributed by atoms with E-state index in [9.17, 15) is 39.3 Å². The van der Waals surface area contributed by atoms with Gasteiger partial charge in [-0.25, -0.2) is 0 Å². The number of unbranched alkanes of at least 4 members (excludes halogenated alkanes) is 2. The number of hydrogen-bond acceptors (Lipinski definition) is 14. The van der Waals surface area contributed by atoms with Crippen LogP contribution >= 0.6 is 21.6 Å². The quantitative estimate of drug-likeness (QED) is 0.0275. The van der Waals surface area contributed by atoms with Crippen LogP contribution in [0.5, 0.6) is 0 Å². The van der Waals surface area contributed by atoms with E-state index in [0.717, 1.165) is 71.3 Å². The van der Waals surface area contributed by atoms with E-state index in [1.807, 2.05) is 78.9 Å². The molecular formula is C68H78N10O10S2. The fraction of sp³-hybridized carbons (Fsp3) is 0.353. The minimum atomic E-state index is -1.71. The van der Waals surface area contributed by atoms with Crippen molar-refractivity contribution < 1.29 is 48.9 Å². The SMILES string of the molecule is C#Cc1ccc2nc(CCCCC[C@@H]3NC(=O)[C@@H](Cc4c[nH]c5ccccc45)NC(=O)[C@H](Cc4ccccc4)NC(=O)[C@@H](NC(=O)[C@H](N)Cc4ccccc4)CSSC[C@@H](C(=O)NC(CO)C(C)O)NC(=O)[C@H]([C@@H](C)O)NC3=O)c(Cc3ccccc3)cc2c1. The lowest BCUT2D eigenvalue weighted by Gasteiger charge is -2.29. The van der Waals surface area contributed by atoms with Gasteiger partial charge < -0.3 is 63.3 Å². The highest BCUT2D eigenvalue weighted by Gasteiger charge is 2.37. The smallest absolute Gasteiger partial charge is 0.245 e. The molecule has 22 heteroatoms. The molecule has 10 atom stereocenters. The molecule has 90 heavy (non-hydrogen) atoms. The number of carbonyl (C=O) groups excluding carboxylic acids is 7. The second-order valence-electron chi connectivity index (χ2n) is 22.6. The molecule has 1 saturated heterocycles. The summed E-state index contributed by atoms with van der Waals surface area (Å²) in [4.78, 5) is 111. The monoisotopic (exact) mass is 1260 g/mol. The van der Waals surface area contributed by atoms with Crippen LogP contribution in [0.1, 0.15) is 78.6 Å². The van der Waals surface area contributed by atoms with Gasteiger partial charge in [-0.05, 0) is 104 Å². The highest BCUT2D eigenvalue weighted by Crippen LogP contribution is 2.26. The summed E-state index contributed by atoms with van der Waals surface area (Å²) < 4.78 is 0. The average Bonchev–Trinajstić information content (AvgIpc) is 3.28. The number of aliphatic hydroxyl groups excluding tert-OH is 3. The van der Waals surface area contributed by atoms with Crippen molar-refractivity contribution in [2.24, 2.45) is 5.73 Å². The maximum Gasteiger partial charge on any atom is 0.245 e. The van der Waals surface area contributed by atoms with Gasteiger partial charge in [-0.3, -0.25) is 38.5 Å². The van der Waals surface area contributed by atoms with E-state index >= 15 is 9.59 Å². The van der Waals surface area contributed by atoms with Crippen LogP contribution in [0.15, 0.2) is 146 Å². The van der Waals surface area contributed by atoms with E-state index in [4.69, 9.17) is 17.1 Å². The third-order valence-corrected chi connectivity index (χ3v) is 18.1. The van der Waals surface area contributed by atoms with Crippen LogP contribution in [-0.2, 0) is 65.7 Å². The number of nitrogens with two attached hydrogens (primary N) is 1. The molecule has 7 aromatic rings. The molecule has 1 aliphatic rings. The van der Waals surface area contributed by atoms with Crippen LogP contribution in [0, 0.1) is 12.3 Å². The molecule has 1 aliphatic heterocycles. The summed E-state index contributed by atoms with van der Waals surface area (Å²) in [5, 5.41) is 52.6. The number of aromatic amines is 1. The normalized spacial score (nSPS) is 20.4. The van der Waals surface area contributed by atoms with Crippen molar-refractivity contribution in [2.75, 3.05) is 18.1 Å². The maximum atomic E-state index is 15.2. The number of para-hydroxylation sites is 1. The van der Waals surface area contributed by atoms with E-state index < -0.39 is 108 Å². The molecular weight excluding hydrogens is 1180 g/mol. The first-order chi connectivity index (χ1) is 43.5. The van der Waals surface area contributed by atoms with E-state index in [-0.39, 0.29) is 37.2 Å². The Labute approximate surface area is 531 Å². The zero-order valence-corrected chi connectivity index (χ0v) is 51.9. The molecule has 0 saturated carbocycles. The van der Waals surface area contributed by atoms with E-state index in [1.54, 1.807) is 48.7 Å². The number of benzene rings is 5. The standard InChI is InChI=1S/C68H78N10O10S2/c1-4-43-29-30-53-47(31-43)35-48(32-44-19-9-5-10-20-44)52(71-53)26-15-8-16-28-55-63(83)78-61(42(3)81)68(88)77-60(67(87)75-58(38-79)41(2)80)40-90-89-39-59(76-62(82)51(69)33-45-21-11-6-12-22-45)66(86)73-56(34-46-23-13-7-14-24-46)64(84)74-57(65(85)72-55)36-49-37-70-54-27-18-17-25-50(49)54/h1,5-7,9-14,17-25,27,29-31,35,37,41-42,51,55-61,70,79-81H,8,15-16,26,28,32-34,36,38-40,69H2,2-3H3,(H,72,85)(H,73,86)(H,74,84)(H,75,87)(H,76,82)(H,77,88)(H,78,83)/t41?,42-,51-,55+,56+,57-,58?,59+,60+,61+/m1/s1. The average molecular weight is 1260 g/mol. The summed E-state index contributed by atoms with van der Waals surface area (Å²) in [6, 6.07) is 32.3. The number of aliphatic hydroxyl groups is 3. The summed E-state index contributed by atoms with van der Waals surface area (Å²) in [7, 11) is 2.06. The molecule has 2 aromatic heterocycles. The topological polar surface area (TPSA) is 319 Å². The molecule has 13 N–H and O–H groups in total. The lowest BCUT2D eigenvalue weighted by molar-refractivity contribution is -0.136. The summed E-state index contributed by atoms with van der Waals surface area (Å²) >= 11 is 0. The molecule has 3 heterocycles. The summed E-state index contributed by atoms with van der Waals surface area (Å²) in [5.41, 5.74) is 13.8.